The van der Waals surface area contributed by atoms with E-state index < -0.39 is 47.4 Å². The summed E-state index contributed by atoms with van der Waals surface area (Å²) in [6.07, 6.45) is 7.91. The minimum atomic E-state index is -0.973. The Morgan fingerprint density at radius 2 is 1.65 bits per heavy atom. The van der Waals surface area contributed by atoms with Gasteiger partial charge in [-0.3, -0.25) is 19.2 Å². The summed E-state index contributed by atoms with van der Waals surface area (Å²) in [5, 5.41) is 8.13. The highest BCUT2D eigenvalue weighted by Crippen LogP contribution is 2.65. The molecule has 0 aromatic carbocycles. The summed E-state index contributed by atoms with van der Waals surface area (Å²) in [6.45, 7) is 13.6. The monoisotopic (exact) mass is 560 g/mol. The molecule has 3 fully saturated rings. The van der Waals surface area contributed by atoms with Crippen LogP contribution in [0.5, 0.6) is 0 Å². The van der Waals surface area contributed by atoms with Crippen molar-refractivity contribution < 1.29 is 28.7 Å². The Kier molecular flexibility index (Phi) is 10.4. The average molecular weight is 561 g/mol. The van der Waals surface area contributed by atoms with Crippen LogP contribution in [0.1, 0.15) is 92.4 Å². The number of fused-ring (bicyclic) bond motifs is 3. The largest absolute Gasteiger partial charge is 0.444 e. The molecule has 0 spiro atoms. The maximum Gasteiger partial charge on any atom is 0.408 e. The second-order valence-corrected chi connectivity index (χ2v) is 13.1. The number of ether oxygens (including phenoxy) is 1. The van der Waals surface area contributed by atoms with Crippen LogP contribution in [0, 0.1) is 17.3 Å². The number of ketones is 1. The van der Waals surface area contributed by atoms with Crippen LogP contribution >= 0.6 is 0 Å². The Labute approximate surface area is 238 Å². The zero-order valence-corrected chi connectivity index (χ0v) is 24.8. The lowest BCUT2D eigenvalue weighted by Crippen LogP contribution is -2.58. The fourth-order valence-electron chi connectivity index (χ4n) is 6.24. The van der Waals surface area contributed by atoms with Crippen molar-refractivity contribution in [1.29, 1.82) is 0 Å². The number of Topliss-reactive ketones (excluding diaryl/α,β-unsaturated/α-hetero) is 1. The fourth-order valence-corrected chi connectivity index (χ4v) is 6.24. The molecular weight excluding hydrogens is 512 g/mol. The topological polar surface area (TPSA) is 134 Å². The van der Waals surface area contributed by atoms with E-state index >= 15 is 0 Å². The molecule has 10 nitrogen and oxygen atoms in total. The first-order chi connectivity index (χ1) is 18.8. The molecule has 10 heteroatoms. The number of nitrogens with zero attached hydrogens (tertiary/aromatic N) is 1. The maximum absolute atomic E-state index is 13.9. The number of carbonyl (C=O) groups is 5. The van der Waals surface area contributed by atoms with Crippen molar-refractivity contribution in [2.24, 2.45) is 17.3 Å². The van der Waals surface area contributed by atoms with Gasteiger partial charge in [0.2, 0.25) is 17.6 Å². The molecule has 2 heterocycles. The van der Waals surface area contributed by atoms with Crippen molar-refractivity contribution in [2.45, 2.75) is 116 Å². The van der Waals surface area contributed by atoms with Gasteiger partial charge in [-0.05, 0) is 50.9 Å². The first-order valence-corrected chi connectivity index (χ1v) is 14.8. The minimum absolute atomic E-state index is 0.0668. The molecule has 0 aromatic heterocycles. The number of hydrogen-bond acceptors (Lipinski definition) is 6. The number of alkyl carbamates (subject to hydrolysis) is 1. The maximum atomic E-state index is 13.9. The van der Waals surface area contributed by atoms with Crippen molar-refractivity contribution >= 4 is 29.6 Å². The summed E-state index contributed by atoms with van der Waals surface area (Å²) < 4.78 is 5.43. The van der Waals surface area contributed by atoms with Gasteiger partial charge in [0.05, 0.1) is 6.04 Å². The van der Waals surface area contributed by atoms with E-state index in [9.17, 15) is 24.0 Å². The molecule has 0 radical (unpaired) electrons. The van der Waals surface area contributed by atoms with E-state index in [2.05, 4.69) is 36.4 Å². The van der Waals surface area contributed by atoms with Crippen LogP contribution in [0.15, 0.2) is 12.7 Å². The summed E-state index contributed by atoms with van der Waals surface area (Å²) >= 11 is 0. The number of carbonyl (C=O) groups excluding carboxylic acids is 5. The van der Waals surface area contributed by atoms with Crippen LogP contribution in [0.3, 0.4) is 0 Å². The van der Waals surface area contributed by atoms with Crippen LogP contribution in [0.4, 0.5) is 4.79 Å². The van der Waals surface area contributed by atoms with Gasteiger partial charge in [0, 0.05) is 13.1 Å². The zero-order chi connectivity index (χ0) is 29.7. The Hall–Kier alpha value is -2.91. The van der Waals surface area contributed by atoms with Gasteiger partial charge in [0.25, 0.3) is 5.91 Å². The van der Waals surface area contributed by atoms with E-state index in [0.29, 0.717) is 25.8 Å². The third-order valence-electron chi connectivity index (χ3n) is 8.50. The van der Waals surface area contributed by atoms with Gasteiger partial charge in [-0.15, -0.1) is 6.58 Å². The van der Waals surface area contributed by atoms with E-state index in [1.807, 2.05) is 0 Å². The van der Waals surface area contributed by atoms with Crippen molar-refractivity contribution in [3.05, 3.63) is 12.7 Å². The predicted molar refractivity (Wildman–Crippen MR) is 151 cm³/mol. The van der Waals surface area contributed by atoms with Crippen LogP contribution in [0.25, 0.3) is 0 Å². The molecule has 3 rings (SSSR count). The van der Waals surface area contributed by atoms with Crippen LogP contribution < -0.4 is 16.0 Å². The Morgan fingerprint density at radius 3 is 2.25 bits per heavy atom. The number of hydrogen-bond donors (Lipinski definition) is 3. The van der Waals surface area contributed by atoms with Crippen molar-refractivity contribution in [3.63, 3.8) is 0 Å². The lowest BCUT2D eigenvalue weighted by atomic mass is 9.96. The first kappa shape index (κ1) is 31.6. The highest BCUT2D eigenvalue weighted by atomic mass is 16.6. The van der Waals surface area contributed by atoms with E-state index in [1.54, 1.807) is 25.7 Å². The van der Waals surface area contributed by atoms with Crippen LogP contribution in [-0.2, 0) is 23.9 Å². The fraction of sp³-hybridized carbons (Fsp3) is 0.767. The second-order valence-electron chi connectivity index (χ2n) is 13.1. The SMILES string of the molecule is C=CCNC(=O)C(=O)[C@H]1CCCCCCCCC[C@@H](NC(=O)OC(C)(C)C)C(=O)N2C[C@H]3[C@@H]([C@H]2C(=O)N1)C3(C)C. The second kappa shape index (κ2) is 13.2. The lowest BCUT2D eigenvalue weighted by Gasteiger charge is -2.34. The molecule has 1 aliphatic carbocycles. The molecule has 40 heavy (non-hydrogen) atoms. The Morgan fingerprint density at radius 1 is 1.05 bits per heavy atom. The third kappa shape index (κ3) is 7.85. The van der Waals surface area contributed by atoms with Gasteiger partial charge in [0.15, 0.2) is 0 Å². The standard InChI is InChI=1S/C30H48N4O6/c1-7-17-31-26(37)24(35)20-15-13-11-9-8-10-12-14-16-21(33-28(39)40-29(2,3)4)27(38)34-18-19-22(30(19,5)6)23(34)25(36)32-20/h7,19-23H,1,8-18H2,2-6H3,(H,31,37)(H,32,36)(H,33,39)/t19-,20+,21+,22-,23-/m0/s1. The summed E-state index contributed by atoms with van der Waals surface area (Å²) in [5.41, 5.74) is -0.846. The molecule has 2 aliphatic heterocycles. The summed E-state index contributed by atoms with van der Waals surface area (Å²) in [5.74, 6) is -2.12. The number of piperidine rings is 1. The Bertz CT molecular complexity index is 987. The molecule has 2 saturated heterocycles. The van der Waals surface area contributed by atoms with E-state index in [4.69, 9.17) is 4.74 Å². The molecule has 3 aliphatic rings. The summed E-state index contributed by atoms with van der Waals surface area (Å²) in [4.78, 5) is 67.5. The van der Waals surface area contributed by atoms with Gasteiger partial charge in [-0.2, -0.15) is 0 Å². The van der Waals surface area contributed by atoms with Gasteiger partial charge in [0.1, 0.15) is 17.7 Å². The van der Waals surface area contributed by atoms with Crippen molar-refractivity contribution in [3.8, 4) is 0 Å². The molecule has 4 amide bonds. The summed E-state index contributed by atoms with van der Waals surface area (Å²) in [6, 6.07) is -2.57. The quantitative estimate of drug-likeness (QED) is 0.349. The number of rotatable bonds is 5. The molecule has 0 unspecified atom stereocenters. The predicted octanol–water partition coefficient (Wildman–Crippen LogP) is 3.24. The molecule has 5 atom stereocenters. The lowest BCUT2D eigenvalue weighted by molar-refractivity contribution is -0.144. The highest BCUT2D eigenvalue weighted by molar-refractivity contribution is 6.38. The number of amides is 4. The Balaban J connectivity index is 1.86. The smallest absolute Gasteiger partial charge is 0.408 e. The molecule has 0 bridgehead atoms. The van der Waals surface area contributed by atoms with Crippen LogP contribution in [-0.4, -0.2) is 71.3 Å². The molecular formula is C30H48N4O6. The highest BCUT2D eigenvalue weighted by Gasteiger charge is 2.69. The van der Waals surface area contributed by atoms with Crippen molar-refractivity contribution in [2.75, 3.05) is 13.1 Å². The van der Waals surface area contributed by atoms with E-state index in [-0.39, 0.29) is 29.7 Å². The zero-order valence-electron chi connectivity index (χ0n) is 24.8. The van der Waals surface area contributed by atoms with E-state index in [0.717, 1.165) is 38.5 Å². The first-order valence-electron chi connectivity index (χ1n) is 14.8. The van der Waals surface area contributed by atoms with Gasteiger partial charge in [-0.1, -0.05) is 64.9 Å². The summed E-state index contributed by atoms with van der Waals surface area (Å²) in [7, 11) is 0. The normalized spacial score (nSPS) is 29.3. The number of nitrogens with one attached hydrogen (secondary N) is 3. The average Bonchev–Trinajstić information content (AvgIpc) is 3.19. The molecule has 3 N–H and O–H groups in total. The van der Waals surface area contributed by atoms with Gasteiger partial charge in [-0.25, -0.2) is 4.79 Å². The third-order valence-corrected chi connectivity index (χ3v) is 8.50. The molecule has 0 aromatic rings. The van der Waals surface area contributed by atoms with Gasteiger partial charge < -0.3 is 25.6 Å². The molecule has 224 valence electrons. The van der Waals surface area contributed by atoms with Gasteiger partial charge >= 0.3 is 6.09 Å². The van der Waals surface area contributed by atoms with E-state index in [1.165, 1.54) is 6.08 Å². The van der Waals surface area contributed by atoms with Crippen molar-refractivity contribution in [1.82, 2.24) is 20.9 Å². The van der Waals surface area contributed by atoms with Crippen LogP contribution in [0.2, 0.25) is 0 Å². The minimum Gasteiger partial charge on any atom is -0.444 e. The molecule has 1 saturated carbocycles.